The van der Waals surface area contributed by atoms with Crippen molar-refractivity contribution in [2.24, 2.45) is 0 Å². The molecule has 2 aliphatic heterocycles. The first kappa shape index (κ1) is 31.3. The number of sulfonamides is 1. The van der Waals surface area contributed by atoms with Crippen LogP contribution in [-0.2, 0) is 32.5 Å². The minimum Gasteiger partial charge on any atom is -0.351 e. The molecule has 3 aliphatic rings. The van der Waals surface area contributed by atoms with E-state index in [1.54, 1.807) is 6.20 Å². The first-order valence-electron chi connectivity index (χ1n) is 15.3. The third kappa shape index (κ3) is 6.38. The van der Waals surface area contributed by atoms with Crippen molar-refractivity contribution in [3.8, 4) is 0 Å². The Kier molecular flexibility index (Phi) is 8.53. The maximum Gasteiger partial charge on any atom is 0.242 e. The molecule has 1 aromatic heterocycles. The summed E-state index contributed by atoms with van der Waals surface area (Å²) in [4.78, 5) is 29.7. The van der Waals surface area contributed by atoms with E-state index in [1.807, 2.05) is 6.92 Å². The number of fused-ring (bicyclic) bond motifs is 2. The average Bonchev–Trinajstić information content (AvgIpc) is 2.98. The Morgan fingerprint density at radius 1 is 1.04 bits per heavy atom. The highest BCUT2D eigenvalue weighted by atomic mass is 32.2. The number of nitrogens with zero attached hydrogens (tertiary/aromatic N) is 5. The van der Waals surface area contributed by atoms with E-state index >= 15 is 4.39 Å². The highest BCUT2D eigenvalue weighted by Crippen LogP contribution is 2.43. The quantitative estimate of drug-likeness (QED) is 0.360. The van der Waals surface area contributed by atoms with Crippen LogP contribution < -0.4 is 14.9 Å². The zero-order valence-corrected chi connectivity index (χ0v) is 26.6. The summed E-state index contributed by atoms with van der Waals surface area (Å²) in [6.45, 7) is 4.00. The predicted molar refractivity (Wildman–Crippen MR) is 169 cm³/mol. The van der Waals surface area contributed by atoms with Gasteiger partial charge in [0.25, 0.3) is 0 Å². The lowest BCUT2D eigenvalue weighted by Gasteiger charge is -2.52. The Bertz CT molecular complexity index is 1670. The van der Waals surface area contributed by atoms with E-state index in [9.17, 15) is 17.6 Å². The second kappa shape index (κ2) is 12.3. The van der Waals surface area contributed by atoms with Crippen LogP contribution in [-0.4, -0.2) is 79.9 Å². The van der Waals surface area contributed by atoms with Crippen LogP contribution in [0.25, 0.3) is 0 Å². The molecule has 1 saturated carbocycles. The molecule has 0 atom stereocenters. The molecule has 2 aromatic carbocycles. The number of aromatic nitrogens is 2. The lowest BCUT2D eigenvalue weighted by Crippen LogP contribution is -2.69. The second-order valence-electron chi connectivity index (χ2n) is 12.6. The van der Waals surface area contributed by atoms with Gasteiger partial charge in [-0.05, 0) is 82.2 Å². The second-order valence-corrected chi connectivity index (χ2v) is 14.3. The fourth-order valence-electron chi connectivity index (χ4n) is 6.72. The van der Waals surface area contributed by atoms with E-state index in [1.165, 1.54) is 47.4 Å². The lowest BCUT2D eigenvalue weighted by atomic mass is 9.71. The van der Waals surface area contributed by atoms with Crippen LogP contribution in [0.2, 0.25) is 0 Å². The first-order chi connectivity index (χ1) is 21.5. The van der Waals surface area contributed by atoms with Gasteiger partial charge >= 0.3 is 0 Å². The molecule has 13 heteroatoms. The molecular formula is C32H39F2N7O3S. The number of halogens is 2. The summed E-state index contributed by atoms with van der Waals surface area (Å²) in [5.41, 5.74) is 1.09. The van der Waals surface area contributed by atoms with Crippen molar-refractivity contribution in [2.45, 2.75) is 62.4 Å². The largest absolute Gasteiger partial charge is 0.351 e. The monoisotopic (exact) mass is 639 g/mol. The highest BCUT2D eigenvalue weighted by molar-refractivity contribution is 7.91. The van der Waals surface area contributed by atoms with Gasteiger partial charge in [-0.25, -0.2) is 27.2 Å². The Morgan fingerprint density at radius 3 is 2.40 bits per heavy atom. The maximum absolute atomic E-state index is 15.3. The van der Waals surface area contributed by atoms with Gasteiger partial charge in [-0.15, -0.1) is 0 Å². The van der Waals surface area contributed by atoms with Gasteiger partial charge in [0.1, 0.15) is 17.0 Å². The molecule has 3 aromatic rings. The zero-order chi connectivity index (χ0) is 31.9. The van der Waals surface area contributed by atoms with Crippen molar-refractivity contribution >= 4 is 33.3 Å². The fraction of sp³-hybridized carbons (Fsp3) is 0.469. The van der Waals surface area contributed by atoms with Crippen LogP contribution >= 0.6 is 0 Å². The number of amides is 1. The van der Waals surface area contributed by atoms with E-state index in [0.717, 1.165) is 43.5 Å². The topological polar surface area (TPSA) is 111 Å². The SMILES string of the molecule is CCN1CC2(C1)C(=O)N(c1ccc(NS(=O)(=O)Cc3ccc(F)cc3)c(F)c1)Cc1cnc(NC3CCC(N(C)C)CC3)nc12. The summed E-state index contributed by atoms with van der Waals surface area (Å²) in [6.07, 6.45) is 6.01. The van der Waals surface area contributed by atoms with Crippen LogP contribution in [0.3, 0.4) is 0 Å². The molecule has 0 bridgehead atoms. The van der Waals surface area contributed by atoms with Crippen molar-refractivity contribution in [3.05, 3.63) is 77.1 Å². The summed E-state index contributed by atoms with van der Waals surface area (Å²) >= 11 is 0. The van der Waals surface area contributed by atoms with E-state index in [0.29, 0.717) is 36.3 Å². The standard InChI is InChI=1S/C32H39F2N7O3S/c1-4-40-19-32(20-40)29-22(16-35-31(37-29)36-24-9-11-25(12-10-24)39(2)3)17-41(30(32)42)26-13-14-28(27(34)15-26)38-45(43,44)18-21-5-7-23(33)8-6-21/h5-8,13-16,24-25,38H,4,9-12,17-20H2,1-3H3,(H,35,36,37). The van der Waals surface area contributed by atoms with E-state index in [-0.39, 0.29) is 24.2 Å². The van der Waals surface area contributed by atoms with Crippen LogP contribution in [0.5, 0.6) is 0 Å². The molecule has 45 heavy (non-hydrogen) atoms. The van der Waals surface area contributed by atoms with Gasteiger partial charge in [-0.1, -0.05) is 19.1 Å². The van der Waals surface area contributed by atoms with Crippen LogP contribution in [0.1, 0.15) is 49.4 Å². The first-order valence-corrected chi connectivity index (χ1v) is 17.0. The Labute approximate surface area is 262 Å². The van der Waals surface area contributed by atoms with Crippen LogP contribution in [0.4, 0.5) is 26.1 Å². The number of hydrogen-bond donors (Lipinski definition) is 2. The van der Waals surface area contributed by atoms with Crippen molar-refractivity contribution in [1.82, 2.24) is 19.8 Å². The molecule has 3 heterocycles. The molecule has 6 rings (SSSR count). The normalized spacial score (nSPS) is 21.5. The molecule has 1 spiro atoms. The number of likely N-dealkylation sites (tertiary alicyclic amines) is 1. The minimum atomic E-state index is -3.98. The number of likely N-dealkylation sites (N-methyl/N-ethyl adjacent to an activating group) is 1. The van der Waals surface area contributed by atoms with E-state index in [4.69, 9.17) is 4.98 Å². The average molecular weight is 640 g/mol. The van der Waals surface area contributed by atoms with Gasteiger partial charge in [0.15, 0.2) is 0 Å². The van der Waals surface area contributed by atoms with Crippen LogP contribution in [0, 0.1) is 11.6 Å². The van der Waals surface area contributed by atoms with Gasteiger partial charge in [0, 0.05) is 42.6 Å². The third-order valence-electron chi connectivity index (χ3n) is 9.30. The number of hydrogen-bond acceptors (Lipinski definition) is 8. The van der Waals surface area contributed by atoms with Gasteiger partial charge in [-0.2, -0.15) is 0 Å². The van der Waals surface area contributed by atoms with Crippen molar-refractivity contribution in [2.75, 3.05) is 48.7 Å². The number of carbonyl (C=O) groups excluding carboxylic acids is 1. The Hall–Kier alpha value is -3.68. The molecular weight excluding hydrogens is 600 g/mol. The van der Waals surface area contributed by atoms with Crippen molar-refractivity contribution in [1.29, 1.82) is 0 Å². The minimum absolute atomic E-state index is 0.167. The molecule has 2 N–H and O–H groups in total. The van der Waals surface area contributed by atoms with E-state index in [2.05, 4.69) is 38.9 Å². The van der Waals surface area contributed by atoms with Gasteiger partial charge in [0.05, 0.1) is 23.7 Å². The molecule has 2 fully saturated rings. The summed E-state index contributed by atoms with van der Waals surface area (Å²) in [5, 5.41) is 3.51. The van der Waals surface area contributed by atoms with Gasteiger partial charge in [0.2, 0.25) is 21.9 Å². The number of rotatable bonds is 9. The molecule has 1 aliphatic carbocycles. The predicted octanol–water partition coefficient (Wildman–Crippen LogP) is 4.10. The molecule has 1 amide bonds. The Morgan fingerprint density at radius 2 is 1.76 bits per heavy atom. The summed E-state index contributed by atoms with van der Waals surface area (Å²) < 4.78 is 56.2. The molecule has 240 valence electrons. The number of nitrogens with one attached hydrogen (secondary N) is 2. The maximum atomic E-state index is 15.3. The van der Waals surface area contributed by atoms with Crippen molar-refractivity contribution in [3.63, 3.8) is 0 Å². The zero-order valence-electron chi connectivity index (χ0n) is 25.8. The number of anilines is 3. The Balaban J connectivity index is 1.21. The smallest absolute Gasteiger partial charge is 0.242 e. The third-order valence-corrected chi connectivity index (χ3v) is 10.5. The fourth-order valence-corrected chi connectivity index (χ4v) is 7.92. The van der Waals surface area contributed by atoms with Gasteiger partial charge < -0.3 is 20.0 Å². The number of benzene rings is 2. The number of carbonyl (C=O) groups is 1. The molecule has 0 radical (unpaired) electrons. The highest BCUT2D eigenvalue weighted by Gasteiger charge is 2.56. The molecule has 0 unspecified atom stereocenters. The summed E-state index contributed by atoms with van der Waals surface area (Å²) in [5.74, 6) is -1.37. The summed E-state index contributed by atoms with van der Waals surface area (Å²) in [6, 6.07) is 9.94. The molecule has 1 saturated heterocycles. The molecule has 10 nitrogen and oxygen atoms in total. The van der Waals surface area contributed by atoms with E-state index < -0.39 is 32.8 Å². The van der Waals surface area contributed by atoms with Gasteiger partial charge in [-0.3, -0.25) is 9.52 Å². The lowest BCUT2D eigenvalue weighted by molar-refractivity contribution is -0.131. The van der Waals surface area contributed by atoms with Crippen LogP contribution in [0.15, 0.2) is 48.7 Å². The van der Waals surface area contributed by atoms with Crippen molar-refractivity contribution < 1.29 is 22.0 Å². The summed E-state index contributed by atoms with van der Waals surface area (Å²) in [7, 11) is 0.254.